The van der Waals surface area contributed by atoms with Gasteiger partial charge in [-0.25, -0.2) is 9.37 Å². The average molecular weight is 466 g/mol. The maximum atomic E-state index is 14.9. The number of hydrogen-bond acceptors (Lipinski definition) is 4. The van der Waals surface area contributed by atoms with Crippen LogP contribution in [0.1, 0.15) is 40.2 Å². The molecule has 0 amide bonds. The molecule has 0 radical (unpaired) electrons. The third-order valence-corrected chi connectivity index (χ3v) is 6.93. The normalized spacial score (nSPS) is 20.1. The van der Waals surface area contributed by atoms with E-state index in [0.29, 0.717) is 27.2 Å². The zero-order valence-corrected chi connectivity index (χ0v) is 17.5. The summed E-state index contributed by atoms with van der Waals surface area (Å²) in [5.74, 6) is 0.323. The predicted molar refractivity (Wildman–Crippen MR) is 109 cm³/mol. The highest BCUT2D eigenvalue weighted by atomic mass is 79.9. The van der Waals surface area contributed by atoms with Crippen LogP contribution < -0.4 is 9.64 Å². The molecule has 3 nitrogen and oxygen atoms in total. The van der Waals surface area contributed by atoms with E-state index < -0.39 is 0 Å². The molecule has 1 aromatic heterocycles. The van der Waals surface area contributed by atoms with Crippen molar-refractivity contribution < 1.29 is 9.13 Å². The van der Waals surface area contributed by atoms with E-state index >= 15 is 0 Å². The molecule has 2 aliphatic rings. The number of halogens is 3. The molecule has 0 N–H and O–H groups in total. The Morgan fingerprint density at radius 1 is 1.37 bits per heavy atom. The Morgan fingerprint density at radius 3 is 3.00 bits per heavy atom. The lowest BCUT2D eigenvalue weighted by Crippen LogP contribution is -2.37. The van der Waals surface area contributed by atoms with Crippen LogP contribution >= 0.6 is 38.9 Å². The Balaban J connectivity index is 1.70. The minimum atomic E-state index is -0.337. The van der Waals surface area contributed by atoms with Crippen LogP contribution in [0.4, 0.5) is 10.1 Å². The molecule has 3 aromatic rings. The summed E-state index contributed by atoms with van der Waals surface area (Å²) in [4.78, 5) is 7.68. The summed E-state index contributed by atoms with van der Waals surface area (Å²) in [7, 11) is 0. The molecule has 0 saturated carbocycles. The van der Waals surface area contributed by atoms with Crippen LogP contribution in [0.5, 0.6) is 5.75 Å². The summed E-state index contributed by atoms with van der Waals surface area (Å²) in [6, 6.07) is 9.05. The van der Waals surface area contributed by atoms with Crippen molar-refractivity contribution in [3.63, 3.8) is 0 Å². The van der Waals surface area contributed by atoms with Gasteiger partial charge >= 0.3 is 0 Å². The first kappa shape index (κ1) is 17.5. The van der Waals surface area contributed by atoms with Crippen molar-refractivity contribution in [2.24, 2.45) is 0 Å². The molecule has 0 spiro atoms. The summed E-state index contributed by atoms with van der Waals surface area (Å²) in [5.41, 5.74) is 2.74. The SMILES string of the molecule is CCc1ncc(C2Oc3cc(Br)cc(F)c3C3Cc4cc(Cl)ccc4N32)s1. The fraction of sp³-hybridized carbons (Fsp3) is 0.250. The van der Waals surface area contributed by atoms with Crippen molar-refractivity contribution in [3.05, 3.63) is 72.9 Å². The van der Waals surface area contributed by atoms with E-state index in [1.165, 1.54) is 6.07 Å². The number of aromatic nitrogens is 1. The Kier molecular flexibility index (Phi) is 4.18. The number of thiazole rings is 1. The van der Waals surface area contributed by atoms with Crippen LogP contribution in [0.25, 0.3) is 0 Å². The lowest BCUT2D eigenvalue weighted by molar-refractivity contribution is 0.167. The van der Waals surface area contributed by atoms with Crippen molar-refractivity contribution in [1.29, 1.82) is 0 Å². The number of rotatable bonds is 2. The van der Waals surface area contributed by atoms with Crippen molar-refractivity contribution in [2.45, 2.75) is 32.0 Å². The van der Waals surface area contributed by atoms with Gasteiger partial charge in [0.1, 0.15) is 11.6 Å². The third kappa shape index (κ3) is 2.77. The van der Waals surface area contributed by atoms with Crippen molar-refractivity contribution >= 4 is 44.6 Å². The molecule has 3 heterocycles. The van der Waals surface area contributed by atoms with E-state index in [2.05, 4.69) is 32.7 Å². The lowest BCUT2D eigenvalue weighted by atomic mass is 9.99. The number of aryl methyl sites for hydroxylation is 1. The molecule has 138 valence electrons. The van der Waals surface area contributed by atoms with Gasteiger partial charge in [0.2, 0.25) is 6.23 Å². The Hall–Kier alpha value is -1.63. The number of nitrogens with zero attached hydrogens (tertiary/aromatic N) is 2. The summed E-state index contributed by atoms with van der Waals surface area (Å²) in [6.45, 7) is 2.09. The largest absolute Gasteiger partial charge is 0.465 e. The first-order valence-corrected chi connectivity index (χ1v) is 10.7. The topological polar surface area (TPSA) is 25.4 Å². The fourth-order valence-corrected chi connectivity index (χ4v) is 5.42. The van der Waals surface area contributed by atoms with Crippen LogP contribution in [-0.2, 0) is 12.8 Å². The molecular formula is C20H15BrClFN2OS. The second-order valence-electron chi connectivity index (χ2n) is 6.68. The number of benzene rings is 2. The highest BCUT2D eigenvalue weighted by molar-refractivity contribution is 9.10. The number of fused-ring (bicyclic) bond motifs is 5. The fourth-order valence-electron chi connectivity index (χ4n) is 3.93. The molecule has 5 rings (SSSR count). The monoisotopic (exact) mass is 464 g/mol. The molecule has 0 saturated heterocycles. The lowest BCUT2D eigenvalue weighted by Gasteiger charge is -2.40. The standard InChI is InChI=1S/C20H15BrClFN2OS/c1-2-18-24-9-17(27-18)20-25-14-4-3-12(22)5-10(14)6-15(25)19-13(23)7-11(21)8-16(19)26-20/h3-5,7-9,15,20H,2,6H2,1H3. The molecule has 2 aliphatic heterocycles. The summed E-state index contributed by atoms with van der Waals surface area (Å²) < 4.78 is 21.9. The van der Waals surface area contributed by atoms with E-state index in [0.717, 1.165) is 27.6 Å². The zero-order chi connectivity index (χ0) is 18.7. The van der Waals surface area contributed by atoms with Gasteiger partial charge in [-0.15, -0.1) is 11.3 Å². The smallest absolute Gasteiger partial charge is 0.210 e. The van der Waals surface area contributed by atoms with Gasteiger partial charge in [0.15, 0.2) is 0 Å². The first-order valence-electron chi connectivity index (χ1n) is 8.72. The second kappa shape index (κ2) is 6.47. The zero-order valence-electron chi connectivity index (χ0n) is 14.4. The average Bonchev–Trinajstić information content (AvgIpc) is 3.24. The second-order valence-corrected chi connectivity index (χ2v) is 9.18. The van der Waals surface area contributed by atoms with Gasteiger partial charge in [0.05, 0.1) is 21.5 Å². The van der Waals surface area contributed by atoms with Crippen LogP contribution in [0.3, 0.4) is 0 Å². The molecule has 7 heteroatoms. The van der Waals surface area contributed by atoms with Gasteiger partial charge in [-0.05, 0) is 48.7 Å². The van der Waals surface area contributed by atoms with Crippen molar-refractivity contribution in [2.75, 3.05) is 4.90 Å². The number of hydrogen-bond donors (Lipinski definition) is 0. The number of anilines is 1. The molecule has 2 aromatic carbocycles. The van der Waals surface area contributed by atoms with Gasteiger partial charge in [0.25, 0.3) is 0 Å². The van der Waals surface area contributed by atoms with Gasteiger partial charge in [-0.1, -0.05) is 34.5 Å². The Morgan fingerprint density at radius 2 is 2.22 bits per heavy atom. The summed E-state index contributed by atoms with van der Waals surface area (Å²) in [6.07, 6.45) is 3.11. The number of ether oxygens (including phenoxy) is 1. The minimum absolute atomic E-state index is 0.132. The molecule has 0 aliphatic carbocycles. The van der Waals surface area contributed by atoms with E-state index in [9.17, 15) is 4.39 Å². The maximum Gasteiger partial charge on any atom is 0.210 e. The Labute approximate surface area is 173 Å². The van der Waals surface area contributed by atoms with Crippen LogP contribution in [0.2, 0.25) is 5.02 Å². The first-order chi connectivity index (χ1) is 13.0. The highest BCUT2D eigenvalue weighted by Crippen LogP contribution is 2.53. The quantitative estimate of drug-likeness (QED) is 0.434. The van der Waals surface area contributed by atoms with Gasteiger partial charge in [0, 0.05) is 21.4 Å². The van der Waals surface area contributed by atoms with Gasteiger partial charge in [-0.2, -0.15) is 0 Å². The van der Waals surface area contributed by atoms with Gasteiger partial charge < -0.3 is 9.64 Å². The predicted octanol–water partition coefficient (Wildman–Crippen LogP) is 6.46. The Bertz CT molecular complexity index is 1060. The van der Waals surface area contributed by atoms with Crippen molar-refractivity contribution in [3.8, 4) is 5.75 Å². The molecule has 0 bridgehead atoms. The summed E-state index contributed by atoms with van der Waals surface area (Å²) in [5, 5.41) is 1.75. The molecule has 2 atom stereocenters. The van der Waals surface area contributed by atoms with E-state index in [4.69, 9.17) is 16.3 Å². The van der Waals surface area contributed by atoms with Crippen molar-refractivity contribution in [1.82, 2.24) is 4.98 Å². The van der Waals surface area contributed by atoms with E-state index in [1.54, 1.807) is 11.3 Å². The molecule has 27 heavy (non-hydrogen) atoms. The molecule has 2 unspecified atom stereocenters. The highest BCUT2D eigenvalue weighted by Gasteiger charge is 2.44. The third-order valence-electron chi connectivity index (χ3n) is 5.07. The van der Waals surface area contributed by atoms with Gasteiger partial charge in [-0.3, -0.25) is 0 Å². The van der Waals surface area contributed by atoms with E-state index in [-0.39, 0.29) is 18.1 Å². The summed E-state index contributed by atoms with van der Waals surface area (Å²) >= 11 is 11.2. The maximum absolute atomic E-state index is 14.9. The minimum Gasteiger partial charge on any atom is -0.465 e. The van der Waals surface area contributed by atoms with Crippen LogP contribution in [0.15, 0.2) is 41.0 Å². The van der Waals surface area contributed by atoms with E-state index in [1.807, 2.05) is 30.5 Å². The molecular weight excluding hydrogens is 451 g/mol. The van der Waals surface area contributed by atoms with Crippen LogP contribution in [-0.4, -0.2) is 4.98 Å². The molecule has 0 fully saturated rings. The van der Waals surface area contributed by atoms with Crippen LogP contribution in [0, 0.1) is 5.82 Å².